The van der Waals surface area contributed by atoms with Crippen molar-refractivity contribution in [3.63, 3.8) is 0 Å². The zero-order chi connectivity index (χ0) is 14.8. The minimum atomic E-state index is 0.868. The van der Waals surface area contributed by atoms with Gasteiger partial charge in [-0.25, -0.2) is 0 Å². The molecule has 0 atom stereocenters. The third kappa shape index (κ3) is 3.06. The van der Waals surface area contributed by atoms with Crippen molar-refractivity contribution < 1.29 is 4.74 Å². The zero-order valence-corrected chi connectivity index (χ0v) is 13.7. The lowest BCUT2D eigenvalue weighted by atomic mass is 9.98. The van der Waals surface area contributed by atoms with Gasteiger partial charge in [-0.1, -0.05) is 18.2 Å². The van der Waals surface area contributed by atoms with Crippen molar-refractivity contribution in [3.8, 4) is 5.75 Å². The van der Waals surface area contributed by atoms with E-state index in [1.54, 1.807) is 7.11 Å². The Labute approximate surface area is 133 Å². The molecule has 1 heterocycles. The first-order valence-electron chi connectivity index (χ1n) is 7.08. The summed E-state index contributed by atoms with van der Waals surface area (Å²) in [6.45, 7) is 2.92. The van der Waals surface area contributed by atoms with Crippen molar-refractivity contribution in [1.82, 2.24) is 4.90 Å². The second-order valence-electron chi connectivity index (χ2n) is 5.41. The van der Waals surface area contributed by atoms with Crippen LogP contribution in [0.5, 0.6) is 5.75 Å². The first-order valence-corrected chi connectivity index (χ1v) is 7.87. The van der Waals surface area contributed by atoms with Crippen LogP contribution in [0, 0.1) is 0 Å². The van der Waals surface area contributed by atoms with Gasteiger partial charge in [0, 0.05) is 25.3 Å². The molecule has 0 aliphatic carbocycles. The number of methoxy groups -OCH3 is 1. The minimum absolute atomic E-state index is 0.868. The predicted molar refractivity (Wildman–Crippen MR) is 89.4 cm³/mol. The molecule has 1 aliphatic rings. The number of nitrogen functional groups attached to an aromatic ring is 1. The second-order valence-corrected chi connectivity index (χ2v) is 6.27. The van der Waals surface area contributed by atoms with Gasteiger partial charge >= 0.3 is 0 Å². The smallest absolute Gasteiger partial charge is 0.133 e. The normalized spacial score (nSPS) is 14.8. The molecule has 110 valence electrons. The number of hydrogen-bond acceptors (Lipinski definition) is 3. The molecule has 21 heavy (non-hydrogen) atoms. The van der Waals surface area contributed by atoms with Crippen molar-refractivity contribution in [1.29, 1.82) is 0 Å². The van der Waals surface area contributed by atoms with Gasteiger partial charge in [-0.2, -0.15) is 0 Å². The Balaban J connectivity index is 1.75. The van der Waals surface area contributed by atoms with E-state index in [0.29, 0.717) is 0 Å². The third-order valence-corrected chi connectivity index (χ3v) is 4.63. The summed E-state index contributed by atoms with van der Waals surface area (Å²) in [7, 11) is 1.68. The van der Waals surface area contributed by atoms with E-state index in [-0.39, 0.29) is 0 Å². The minimum Gasteiger partial charge on any atom is -0.496 e. The van der Waals surface area contributed by atoms with E-state index in [2.05, 4.69) is 39.0 Å². The molecule has 0 radical (unpaired) electrons. The highest BCUT2D eigenvalue weighted by atomic mass is 79.9. The molecule has 0 saturated carbocycles. The van der Waals surface area contributed by atoms with Crippen LogP contribution >= 0.6 is 15.9 Å². The van der Waals surface area contributed by atoms with Crippen LogP contribution in [-0.2, 0) is 19.5 Å². The fourth-order valence-electron chi connectivity index (χ4n) is 2.86. The molecular weight excluding hydrogens is 328 g/mol. The number of anilines is 1. The van der Waals surface area contributed by atoms with Gasteiger partial charge in [0.25, 0.3) is 0 Å². The monoisotopic (exact) mass is 346 g/mol. The molecule has 2 aromatic rings. The molecule has 0 aromatic heterocycles. The van der Waals surface area contributed by atoms with Gasteiger partial charge < -0.3 is 10.5 Å². The van der Waals surface area contributed by atoms with Crippen LogP contribution in [0.2, 0.25) is 0 Å². The molecule has 0 fully saturated rings. The van der Waals surface area contributed by atoms with E-state index in [1.165, 1.54) is 16.7 Å². The van der Waals surface area contributed by atoms with Crippen LogP contribution in [0.3, 0.4) is 0 Å². The highest BCUT2D eigenvalue weighted by Gasteiger charge is 2.18. The molecular formula is C17H19BrN2O. The lowest BCUT2D eigenvalue weighted by molar-refractivity contribution is 0.246. The molecule has 0 amide bonds. The fraction of sp³-hybridized carbons (Fsp3) is 0.294. The molecule has 0 bridgehead atoms. The summed E-state index contributed by atoms with van der Waals surface area (Å²) >= 11 is 3.55. The number of fused-ring (bicyclic) bond motifs is 1. The van der Waals surface area contributed by atoms with Gasteiger partial charge in [-0.3, -0.25) is 4.90 Å². The second kappa shape index (κ2) is 6.08. The van der Waals surface area contributed by atoms with Gasteiger partial charge in [0.15, 0.2) is 0 Å². The fourth-order valence-corrected chi connectivity index (χ4v) is 3.45. The SMILES string of the molecule is COc1ccc(CN2CCc3cccc(N)c3C2)cc1Br. The summed E-state index contributed by atoms with van der Waals surface area (Å²) in [5.74, 6) is 0.868. The summed E-state index contributed by atoms with van der Waals surface area (Å²) in [5.41, 5.74) is 11.0. The maximum absolute atomic E-state index is 6.11. The molecule has 0 spiro atoms. The lowest BCUT2D eigenvalue weighted by Crippen LogP contribution is -2.30. The Morgan fingerprint density at radius 2 is 2.14 bits per heavy atom. The molecule has 2 N–H and O–H groups in total. The summed E-state index contributed by atoms with van der Waals surface area (Å²) in [6.07, 6.45) is 1.07. The maximum atomic E-state index is 6.11. The summed E-state index contributed by atoms with van der Waals surface area (Å²) in [4.78, 5) is 2.44. The van der Waals surface area contributed by atoms with E-state index in [0.717, 1.165) is 42.0 Å². The van der Waals surface area contributed by atoms with Gasteiger partial charge in [0.2, 0.25) is 0 Å². The topological polar surface area (TPSA) is 38.5 Å². The number of nitrogens with zero attached hydrogens (tertiary/aromatic N) is 1. The molecule has 0 unspecified atom stereocenters. The highest BCUT2D eigenvalue weighted by Crippen LogP contribution is 2.28. The van der Waals surface area contributed by atoms with Crippen molar-refractivity contribution in [3.05, 3.63) is 57.6 Å². The highest BCUT2D eigenvalue weighted by molar-refractivity contribution is 9.10. The maximum Gasteiger partial charge on any atom is 0.133 e. The predicted octanol–water partition coefficient (Wildman–Crippen LogP) is 3.60. The van der Waals surface area contributed by atoms with E-state index in [1.807, 2.05) is 18.2 Å². The Hall–Kier alpha value is -1.52. The van der Waals surface area contributed by atoms with Crippen LogP contribution in [0.1, 0.15) is 16.7 Å². The van der Waals surface area contributed by atoms with E-state index in [9.17, 15) is 0 Å². The van der Waals surface area contributed by atoms with Crippen molar-refractivity contribution in [2.45, 2.75) is 19.5 Å². The number of rotatable bonds is 3. The number of halogens is 1. The number of ether oxygens (including phenoxy) is 1. The number of hydrogen-bond donors (Lipinski definition) is 1. The number of benzene rings is 2. The Morgan fingerprint density at radius 1 is 1.29 bits per heavy atom. The third-order valence-electron chi connectivity index (χ3n) is 4.01. The first-order chi connectivity index (χ1) is 10.2. The van der Waals surface area contributed by atoms with Crippen molar-refractivity contribution >= 4 is 21.6 Å². The standard InChI is InChI=1S/C17H19BrN2O/c1-21-17-6-5-12(9-15(17)18)10-20-8-7-13-3-2-4-16(19)14(13)11-20/h2-6,9H,7-8,10-11,19H2,1H3. The zero-order valence-electron chi connectivity index (χ0n) is 12.1. The van der Waals surface area contributed by atoms with E-state index in [4.69, 9.17) is 10.5 Å². The molecule has 3 nitrogen and oxygen atoms in total. The average molecular weight is 347 g/mol. The van der Waals surface area contributed by atoms with Crippen LogP contribution in [0.15, 0.2) is 40.9 Å². The molecule has 1 aliphatic heterocycles. The van der Waals surface area contributed by atoms with Crippen LogP contribution < -0.4 is 10.5 Å². The van der Waals surface area contributed by atoms with Gasteiger partial charge in [0.1, 0.15) is 5.75 Å². The average Bonchev–Trinajstić information content (AvgIpc) is 2.48. The summed E-state index contributed by atoms with van der Waals surface area (Å²) in [5, 5.41) is 0. The first kappa shape index (κ1) is 14.4. The summed E-state index contributed by atoms with van der Waals surface area (Å²) < 4.78 is 6.27. The Morgan fingerprint density at radius 3 is 2.90 bits per heavy atom. The summed E-state index contributed by atoms with van der Waals surface area (Å²) in [6, 6.07) is 12.5. The van der Waals surface area contributed by atoms with Crippen molar-refractivity contribution in [2.24, 2.45) is 0 Å². The van der Waals surface area contributed by atoms with Crippen LogP contribution in [-0.4, -0.2) is 18.6 Å². The Bertz CT molecular complexity index is 657. The quantitative estimate of drug-likeness (QED) is 0.863. The van der Waals surface area contributed by atoms with Gasteiger partial charge in [-0.15, -0.1) is 0 Å². The molecule has 0 saturated heterocycles. The van der Waals surface area contributed by atoms with Gasteiger partial charge in [0.05, 0.1) is 11.6 Å². The lowest BCUT2D eigenvalue weighted by Gasteiger charge is -2.29. The van der Waals surface area contributed by atoms with E-state index >= 15 is 0 Å². The van der Waals surface area contributed by atoms with Crippen LogP contribution in [0.25, 0.3) is 0 Å². The largest absolute Gasteiger partial charge is 0.496 e. The van der Waals surface area contributed by atoms with Gasteiger partial charge in [-0.05, 0) is 57.2 Å². The van der Waals surface area contributed by atoms with Crippen molar-refractivity contribution in [2.75, 3.05) is 19.4 Å². The van der Waals surface area contributed by atoms with E-state index < -0.39 is 0 Å². The Kier molecular flexibility index (Phi) is 4.17. The molecule has 2 aromatic carbocycles. The number of nitrogens with two attached hydrogens (primary N) is 1. The molecule has 4 heteroatoms. The molecule has 3 rings (SSSR count). The van der Waals surface area contributed by atoms with Crippen LogP contribution in [0.4, 0.5) is 5.69 Å².